The third kappa shape index (κ3) is 3.33. The molecule has 110 valence electrons. The molecule has 1 aliphatic rings. The predicted molar refractivity (Wildman–Crippen MR) is 84.2 cm³/mol. The van der Waals surface area contributed by atoms with Crippen molar-refractivity contribution >= 4 is 11.6 Å². The Kier molecular flexibility index (Phi) is 5.05. The van der Waals surface area contributed by atoms with E-state index >= 15 is 0 Å². The summed E-state index contributed by atoms with van der Waals surface area (Å²) in [6.07, 6.45) is 6.42. The van der Waals surface area contributed by atoms with Crippen molar-refractivity contribution in [1.82, 2.24) is 5.32 Å². The SMILES string of the molecule is CCC1CCC(Nc2cccc(C(=O)NC)c2C)CC1. The summed E-state index contributed by atoms with van der Waals surface area (Å²) in [4.78, 5) is 11.8. The van der Waals surface area contributed by atoms with Crippen molar-refractivity contribution in [3.8, 4) is 0 Å². The maximum absolute atomic E-state index is 11.8. The molecule has 0 aliphatic heterocycles. The third-order valence-electron chi connectivity index (χ3n) is 4.59. The van der Waals surface area contributed by atoms with Crippen molar-refractivity contribution in [2.75, 3.05) is 12.4 Å². The van der Waals surface area contributed by atoms with E-state index in [1.54, 1.807) is 7.05 Å². The lowest BCUT2D eigenvalue weighted by Crippen LogP contribution is -2.27. The normalized spacial score (nSPS) is 22.4. The Morgan fingerprint density at radius 3 is 2.55 bits per heavy atom. The summed E-state index contributed by atoms with van der Waals surface area (Å²) in [6.45, 7) is 4.31. The third-order valence-corrected chi connectivity index (χ3v) is 4.59. The molecule has 0 atom stereocenters. The van der Waals surface area contributed by atoms with Gasteiger partial charge in [-0.1, -0.05) is 19.4 Å². The summed E-state index contributed by atoms with van der Waals surface area (Å²) in [7, 11) is 1.67. The minimum atomic E-state index is -0.0131. The zero-order chi connectivity index (χ0) is 14.5. The average molecular weight is 274 g/mol. The second kappa shape index (κ2) is 6.78. The van der Waals surface area contributed by atoms with Crippen LogP contribution in [0.5, 0.6) is 0 Å². The lowest BCUT2D eigenvalue weighted by Gasteiger charge is -2.29. The number of nitrogens with one attached hydrogen (secondary N) is 2. The molecule has 0 unspecified atom stereocenters. The van der Waals surface area contributed by atoms with Gasteiger partial charge >= 0.3 is 0 Å². The Bertz CT molecular complexity index is 462. The molecular formula is C17H26N2O. The highest BCUT2D eigenvalue weighted by atomic mass is 16.1. The molecule has 2 N–H and O–H groups in total. The van der Waals surface area contributed by atoms with Gasteiger partial charge in [-0.25, -0.2) is 0 Å². The second-order valence-corrected chi connectivity index (χ2v) is 5.83. The van der Waals surface area contributed by atoms with Gasteiger partial charge in [-0.2, -0.15) is 0 Å². The summed E-state index contributed by atoms with van der Waals surface area (Å²) in [5.74, 6) is 0.896. The van der Waals surface area contributed by atoms with E-state index in [9.17, 15) is 4.79 Å². The van der Waals surface area contributed by atoms with Crippen molar-refractivity contribution in [1.29, 1.82) is 0 Å². The number of carbonyl (C=O) groups excluding carboxylic acids is 1. The van der Waals surface area contributed by atoms with Gasteiger partial charge in [0.2, 0.25) is 0 Å². The van der Waals surface area contributed by atoms with Crippen LogP contribution in [0.25, 0.3) is 0 Å². The number of benzene rings is 1. The highest BCUT2D eigenvalue weighted by molar-refractivity contribution is 5.96. The van der Waals surface area contributed by atoms with E-state index < -0.39 is 0 Å². The Labute approximate surface area is 122 Å². The first kappa shape index (κ1) is 14.9. The first-order valence-electron chi connectivity index (χ1n) is 7.74. The largest absolute Gasteiger partial charge is 0.382 e. The monoisotopic (exact) mass is 274 g/mol. The number of hydrogen-bond acceptors (Lipinski definition) is 2. The van der Waals surface area contributed by atoms with Crippen LogP contribution in [-0.2, 0) is 0 Å². The summed E-state index contributed by atoms with van der Waals surface area (Å²) >= 11 is 0. The van der Waals surface area contributed by atoms with Crippen LogP contribution in [0, 0.1) is 12.8 Å². The van der Waals surface area contributed by atoms with Gasteiger partial charge in [0.15, 0.2) is 0 Å². The van der Waals surface area contributed by atoms with Gasteiger partial charge in [0.1, 0.15) is 0 Å². The van der Waals surface area contributed by atoms with Crippen molar-refractivity contribution < 1.29 is 4.79 Å². The van der Waals surface area contributed by atoms with Gasteiger partial charge in [0.25, 0.3) is 5.91 Å². The molecule has 2 rings (SSSR count). The first-order chi connectivity index (χ1) is 9.65. The van der Waals surface area contributed by atoms with Gasteiger partial charge in [-0.15, -0.1) is 0 Å². The second-order valence-electron chi connectivity index (χ2n) is 5.83. The molecule has 0 bridgehead atoms. The van der Waals surface area contributed by atoms with Crippen LogP contribution < -0.4 is 10.6 Å². The van der Waals surface area contributed by atoms with Crippen LogP contribution in [-0.4, -0.2) is 19.0 Å². The zero-order valence-electron chi connectivity index (χ0n) is 12.8. The van der Waals surface area contributed by atoms with Gasteiger partial charge in [-0.05, 0) is 56.2 Å². The number of anilines is 1. The molecule has 1 aliphatic carbocycles. The summed E-state index contributed by atoms with van der Waals surface area (Å²) < 4.78 is 0. The molecule has 0 radical (unpaired) electrons. The van der Waals surface area contributed by atoms with E-state index in [2.05, 4.69) is 23.6 Å². The van der Waals surface area contributed by atoms with Crippen LogP contribution in [0.1, 0.15) is 54.9 Å². The number of carbonyl (C=O) groups is 1. The Balaban J connectivity index is 2.05. The van der Waals surface area contributed by atoms with E-state index in [0.29, 0.717) is 6.04 Å². The molecule has 1 amide bonds. The molecule has 0 saturated heterocycles. The van der Waals surface area contributed by atoms with E-state index in [-0.39, 0.29) is 5.91 Å². The molecule has 1 aromatic carbocycles. The van der Waals surface area contributed by atoms with E-state index in [4.69, 9.17) is 0 Å². The van der Waals surface area contributed by atoms with Gasteiger partial charge in [0.05, 0.1) is 0 Å². The number of amides is 1. The quantitative estimate of drug-likeness (QED) is 0.878. The molecule has 0 heterocycles. The number of hydrogen-bond donors (Lipinski definition) is 2. The number of rotatable bonds is 4. The fourth-order valence-corrected chi connectivity index (χ4v) is 3.11. The highest BCUT2D eigenvalue weighted by Gasteiger charge is 2.20. The predicted octanol–water partition coefficient (Wildman–Crippen LogP) is 3.74. The van der Waals surface area contributed by atoms with Crippen LogP contribution >= 0.6 is 0 Å². The highest BCUT2D eigenvalue weighted by Crippen LogP contribution is 2.29. The Morgan fingerprint density at radius 1 is 1.25 bits per heavy atom. The topological polar surface area (TPSA) is 41.1 Å². The molecule has 20 heavy (non-hydrogen) atoms. The van der Waals surface area contributed by atoms with E-state index in [1.165, 1.54) is 32.1 Å². The van der Waals surface area contributed by atoms with Crippen LogP contribution in [0.4, 0.5) is 5.69 Å². The maximum Gasteiger partial charge on any atom is 0.251 e. The molecule has 1 fully saturated rings. The molecule has 0 aromatic heterocycles. The van der Waals surface area contributed by atoms with Gasteiger partial charge < -0.3 is 10.6 Å². The summed E-state index contributed by atoms with van der Waals surface area (Å²) in [6, 6.07) is 6.47. The fourth-order valence-electron chi connectivity index (χ4n) is 3.11. The summed E-state index contributed by atoms with van der Waals surface area (Å²) in [5, 5.41) is 6.33. The molecular weight excluding hydrogens is 248 g/mol. The maximum atomic E-state index is 11.8. The fraction of sp³-hybridized carbons (Fsp3) is 0.588. The zero-order valence-corrected chi connectivity index (χ0v) is 12.8. The average Bonchev–Trinajstić information content (AvgIpc) is 2.49. The van der Waals surface area contributed by atoms with Gasteiger partial charge in [-0.3, -0.25) is 4.79 Å². The van der Waals surface area contributed by atoms with E-state index in [0.717, 1.165) is 22.7 Å². The molecule has 3 nitrogen and oxygen atoms in total. The molecule has 0 spiro atoms. The Morgan fingerprint density at radius 2 is 1.95 bits per heavy atom. The smallest absolute Gasteiger partial charge is 0.251 e. The standard InChI is InChI=1S/C17H26N2O/c1-4-13-8-10-14(11-9-13)19-16-7-5-6-15(12(16)2)17(20)18-3/h5-7,13-14,19H,4,8-11H2,1-3H3,(H,18,20). The van der Waals surface area contributed by atoms with Crippen LogP contribution in [0.3, 0.4) is 0 Å². The first-order valence-corrected chi connectivity index (χ1v) is 7.74. The lowest BCUT2D eigenvalue weighted by molar-refractivity contribution is 0.0962. The summed E-state index contributed by atoms with van der Waals surface area (Å²) in [5.41, 5.74) is 2.91. The molecule has 3 heteroatoms. The minimum Gasteiger partial charge on any atom is -0.382 e. The van der Waals surface area contributed by atoms with Crippen molar-refractivity contribution in [2.45, 2.75) is 52.0 Å². The van der Waals surface area contributed by atoms with Crippen molar-refractivity contribution in [3.05, 3.63) is 29.3 Å². The lowest BCUT2D eigenvalue weighted by atomic mass is 9.84. The van der Waals surface area contributed by atoms with Gasteiger partial charge in [0, 0.05) is 24.3 Å². The van der Waals surface area contributed by atoms with Crippen molar-refractivity contribution in [3.63, 3.8) is 0 Å². The van der Waals surface area contributed by atoms with Crippen molar-refractivity contribution in [2.24, 2.45) is 5.92 Å². The molecule has 1 saturated carbocycles. The van der Waals surface area contributed by atoms with Crippen LogP contribution in [0.2, 0.25) is 0 Å². The Hall–Kier alpha value is -1.51. The van der Waals surface area contributed by atoms with E-state index in [1.807, 2.05) is 19.1 Å². The molecule has 1 aromatic rings. The minimum absolute atomic E-state index is 0.0131. The van der Waals surface area contributed by atoms with Crippen LogP contribution in [0.15, 0.2) is 18.2 Å².